The minimum atomic E-state index is -0.328. The summed E-state index contributed by atoms with van der Waals surface area (Å²) in [5.74, 6) is 1.36. The molecule has 2 saturated carbocycles. The molecule has 0 bridgehead atoms. The first kappa shape index (κ1) is 22.4. The molecule has 0 aliphatic heterocycles. The molecule has 0 unspecified atom stereocenters. The fourth-order valence-electron chi connectivity index (χ4n) is 4.52. The van der Waals surface area contributed by atoms with Gasteiger partial charge in [0.15, 0.2) is 5.65 Å². The zero-order valence-electron chi connectivity index (χ0n) is 20.1. The Hall–Kier alpha value is -4.08. The highest BCUT2D eigenvalue weighted by Gasteiger charge is 2.31. The summed E-state index contributed by atoms with van der Waals surface area (Å²) in [6, 6.07) is 7.09. The molecule has 0 saturated heterocycles. The quantitative estimate of drug-likeness (QED) is 0.410. The number of anilines is 1. The highest BCUT2D eigenvalue weighted by molar-refractivity contribution is 6.05. The molecule has 4 aromatic rings. The van der Waals surface area contributed by atoms with Crippen molar-refractivity contribution in [3.8, 4) is 11.4 Å². The SMILES string of the molecule is CCCn1c(=O)n(C2CC2)c(=O)c2[nH]c(-c3ccc(N(CC4CC4)C(=O)c4cccnc4)nc3)nc21. The Morgan fingerprint density at radius 3 is 2.61 bits per heavy atom. The molecule has 1 N–H and O–H groups in total. The van der Waals surface area contributed by atoms with E-state index in [1.165, 1.54) is 4.57 Å². The Bertz CT molecular complexity index is 1540. The van der Waals surface area contributed by atoms with Gasteiger partial charge in [0, 0.05) is 43.3 Å². The van der Waals surface area contributed by atoms with Crippen LogP contribution in [0.5, 0.6) is 0 Å². The number of carbonyl (C=O) groups is 1. The van der Waals surface area contributed by atoms with E-state index in [1.54, 1.807) is 46.3 Å². The number of fused-ring (bicyclic) bond motifs is 1. The molecule has 0 aromatic carbocycles. The van der Waals surface area contributed by atoms with Crippen molar-refractivity contribution in [2.45, 2.75) is 51.6 Å². The van der Waals surface area contributed by atoms with Crippen LogP contribution in [-0.2, 0) is 6.54 Å². The molecule has 2 aliphatic rings. The number of pyridine rings is 2. The molecule has 2 fully saturated rings. The van der Waals surface area contributed by atoms with Gasteiger partial charge in [-0.1, -0.05) is 6.92 Å². The minimum Gasteiger partial charge on any atom is -0.332 e. The Morgan fingerprint density at radius 1 is 1.14 bits per heavy atom. The topological polar surface area (TPSA) is 119 Å². The standard InChI is InChI=1S/C26H27N7O3/c1-2-12-31-23-21(25(35)33(26(31)36)19-8-9-19)29-22(30-23)17-7-10-20(28-14-17)32(15-16-5-6-16)24(34)18-4-3-11-27-13-18/h3-4,7,10-11,13-14,16,19H,2,5-6,8-9,12,15H2,1H3,(H,29,30). The van der Waals surface area contributed by atoms with E-state index in [0.717, 1.165) is 32.1 Å². The molecule has 0 spiro atoms. The van der Waals surface area contributed by atoms with Gasteiger partial charge in [0.25, 0.3) is 11.5 Å². The smallest absolute Gasteiger partial charge is 0.332 e. The number of imidazole rings is 1. The molecule has 0 atom stereocenters. The Morgan fingerprint density at radius 2 is 1.97 bits per heavy atom. The van der Waals surface area contributed by atoms with E-state index < -0.39 is 0 Å². The number of nitrogens with one attached hydrogen (secondary N) is 1. The van der Waals surface area contributed by atoms with Crippen molar-refractivity contribution in [3.63, 3.8) is 0 Å². The van der Waals surface area contributed by atoms with Crippen LogP contribution < -0.4 is 16.1 Å². The molecular formula is C26H27N7O3. The average molecular weight is 486 g/mol. The zero-order valence-corrected chi connectivity index (χ0v) is 20.1. The van der Waals surface area contributed by atoms with E-state index in [-0.39, 0.29) is 23.2 Å². The highest BCUT2D eigenvalue weighted by atomic mass is 16.2. The molecule has 184 valence electrons. The van der Waals surface area contributed by atoms with Gasteiger partial charge in [-0.2, -0.15) is 0 Å². The first-order valence-corrected chi connectivity index (χ1v) is 12.5. The van der Waals surface area contributed by atoms with Gasteiger partial charge in [-0.3, -0.25) is 28.6 Å². The monoisotopic (exact) mass is 485 g/mol. The summed E-state index contributed by atoms with van der Waals surface area (Å²) in [7, 11) is 0. The fraction of sp³-hybridized carbons (Fsp3) is 0.385. The Kier molecular flexibility index (Phi) is 5.50. The van der Waals surface area contributed by atoms with Crippen molar-refractivity contribution in [2.75, 3.05) is 11.4 Å². The van der Waals surface area contributed by atoms with E-state index in [4.69, 9.17) is 0 Å². The number of hydrogen-bond donors (Lipinski definition) is 1. The van der Waals surface area contributed by atoms with E-state index in [1.807, 2.05) is 13.0 Å². The van der Waals surface area contributed by atoms with Gasteiger partial charge >= 0.3 is 5.69 Å². The van der Waals surface area contributed by atoms with Crippen molar-refractivity contribution in [2.24, 2.45) is 5.92 Å². The highest BCUT2D eigenvalue weighted by Crippen LogP contribution is 2.33. The summed E-state index contributed by atoms with van der Waals surface area (Å²) in [6.45, 7) is 3.08. The van der Waals surface area contributed by atoms with Crippen LogP contribution in [0.25, 0.3) is 22.6 Å². The van der Waals surface area contributed by atoms with Crippen molar-refractivity contribution in [1.82, 2.24) is 29.1 Å². The summed E-state index contributed by atoms with van der Waals surface area (Å²) in [5.41, 5.74) is 1.25. The molecule has 10 heteroatoms. The van der Waals surface area contributed by atoms with Crippen LogP contribution in [0.4, 0.5) is 5.82 Å². The maximum absolute atomic E-state index is 13.2. The Labute approximate surface area is 206 Å². The number of aromatic amines is 1. The molecule has 6 rings (SSSR count). The largest absolute Gasteiger partial charge is 0.333 e. The van der Waals surface area contributed by atoms with Gasteiger partial charge in [0.05, 0.1) is 5.56 Å². The first-order chi connectivity index (χ1) is 17.5. The lowest BCUT2D eigenvalue weighted by Gasteiger charge is -2.21. The van der Waals surface area contributed by atoms with Crippen LogP contribution in [0.2, 0.25) is 0 Å². The molecular weight excluding hydrogens is 458 g/mol. The van der Waals surface area contributed by atoms with Gasteiger partial charge in [0.1, 0.15) is 17.2 Å². The van der Waals surface area contributed by atoms with Crippen LogP contribution in [0.3, 0.4) is 0 Å². The molecule has 2 aliphatic carbocycles. The number of carbonyl (C=O) groups excluding carboxylic acids is 1. The van der Waals surface area contributed by atoms with Crippen molar-refractivity contribution < 1.29 is 4.79 Å². The summed E-state index contributed by atoms with van der Waals surface area (Å²) < 4.78 is 2.95. The van der Waals surface area contributed by atoms with E-state index in [0.29, 0.717) is 52.9 Å². The maximum atomic E-state index is 13.2. The van der Waals surface area contributed by atoms with Crippen LogP contribution in [0.1, 0.15) is 55.4 Å². The number of aromatic nitrogens is 6. The maximum Gasteiger partial charge on any atom is 0.333 e. The molecule has 4 aromatic heterocycles. The van der Waals surface area contributed by atoms with E-state index in [2.05, 4.69) is 19.9 Å². The van der Waals surface area contributed by atoms with Crippen LogP contribution in [0.15, 0.2) is 52.4 Å². The normalized spacial score (nSPS) is 15.4. The summed E-state index contributed by atoms with van der Waals surface area (Å²) in [5, 5.41) is 0. The fourth-order valence-corrected chi connectivity index (χ4v) is 4.52. The number of aryl methyl sites for hydroxylation is 1. The van der Waals surface area contributed by atoms with Gasteiger partial charge in [-0.05, 0) is 62.3 Å². The van der Waals surface area contributed by atoms with Gasteiger partial charge in [-0.25, -0.2) is 14.8 Å². The lowest BCUT2D eigenvalue weighted by Crippen LogP contribution is -2.39. The minimum absolute atomic E-state index is 0.0278. The first-order valence-electron chi connectivity index (χ1n) is 12.5. The predicted molar refractivity (Wildman–Crippen MR) is 135 cm³/mol. The molecule has 1 amide bonds. The average Bonchev–Trinajstić information content (AvgIpc) is 3.84. The summed E-state index contributed by atoms with van der Waals surface area (Å²) in [6.07, 6.45) is 9.49. The van der Waals surface area contributed by atoms with E-state index in [9.17, 15) is 14.4 Å². The summed E-state index contributed by atoms with van der Waals surface area (Å²) in [4.78, 5) is 57.5. The van der Waals surface area contributed by atoms with Crippen LogP contribution in [-0.4, -0.2) is 41.5 Å². The number of hydrogen-bond acceptors (Lipinski definition) is 6. The predicted octanol–water partition coefficient (Wildman–Crippen LogP) is 3.15. The third-order valence-electron chi connectivity index (χ3n) is 6.76. The van der Waals surface area contributed by atoms with Crippen molar-refractivity contribution >= 4 is 22.9 Å². The number of amides is 1. The second-order valence-electron chi connectivity index (χ2n) is 9.63. The third kappa shape index (κ3) is 4.02. The van der Waals surface area contributed by atoms with Crippen molar-refractivity contribution in [3.05, 3.63) is 69.3 Å². The lowest BCUT2D eigenvalue weighted by molar-refractivity contribution is 0.0984. The second kappa shape index (κ2) is 8.85. The van der Waals surface area contributed by atoms with Gasteiger partial charge < -0.3 is 4.98 Å². The molecule has 36 heavy (non-hydrogen) atoms. The number of H-pyrrole nitrogens is 1. The van der Waals surface area contributed by atoms with Crippen LogP contribution >= 0.6 is 0 Å². The van der Waals surface area contributed by atoms with E-state index >= 15 is 0 Å². The van der Waals surface area contributed by atoms with Crippen molar-refractivity contribution in [1.29, 1.82) is 0 Å². The molecule has 0 radical (unpaired) electrons. The van der Waals surface area contributed by atoms with Gasteiger partial charge in [-0.15, -0.1) is 0 Å². The second-order valence-corrected chi connectivity index (χ2v) is 9.63. The number of rotatable bonds is 8. The zero-order chi connectivity index (χ0) is 24.8. The third-order valence-corrected chi connectivity index (χ3v) is 6.76. The summed E-state index contributed by atoms with van der Waals surface area (Å²) >= 11 is 0. The Balaban J connectivity index is 1.37. The molecule has 4 heterocycles. The lowest BCUT2D eigenvalue weighted by atomic mass is 10.2. The van der Waals surface area contributed by atoms with Crippen LogP contribution in [0, 0.1) is 5.92 Å². The molecule has 10 nitrogen and oxygen atoms in total. The number of nitrogens with zero attached hydrogens (tertiary/aromatic N) is 6. The van der Waals surface area contributed by atoms with Gasteiger partial charge in [0.2, 0.25) is 0 Å².